The number of nitrogen functional groups attached to an aromatic ring is 1. The molecular formula is C22H31N6O5P. The molecule has 0 aliphatic rings. The molecule has 184 valence electrons. The quantitative estimate of drug-likeness (QED) is 0.287. The fourth-order valence-electron chi connectivity index (χ4n) is 3.13. The Morgan fingerprint density at radius 1 is 1.15 bits per heavy atom. The SMILES string of the molecule is CC(C)OC(=O)[C@H](C)N[P@@](=O)(CO[C@H](C)Cn1cnc2c(N)ncnc21)OCc1ccccc1. The average molecular weight is 491 g/mol. The van der Waals surface area contributed by atoms with Crippen LogP contribution < -0.4 is 10.8 Å². The fraction of sp³-hybridized carbons (Fsp3) is 0.455. The Hall–Kier alpha value is -2.85. The zero-order valence-electron chi connectivity index (χ0n) is 19.7. The van der Waals surface area contributed by atoms with E-state index in [2.05, 4.69) is 20.0 Å². The van der Waals surface area contributed by atoms with Crippen LogP contribution in [-0.4, -0.2) is 50.1 Å². The maximum atomic E-state index is 13.6. The van der Waals surface area contributed by atoms with Crippen molar-refractivity contribution in [2.45, 2.75) is 59.1 Å². The molecular weight excluding hydrogens is 459 g/mol. The number of rotatable bonds is 12. The van der Waals surface area contributed by atoms with Crippen molar-refractivity contribution in [3.8, 4) is 0 Å². The lowest BCUT2D eigenvalue weighted by atomic mass is 10.2. The van der Waals surface area contributed by atoms with Gasteiger partial charge < -0.3 is 24.3 Å². The first-order valence-electron chi connectivity index (χ1n) is 11.0. The summed E-state index contributed by atoms with van der Waals surface area (Å²) in [6.45, 7) is 7.38. The lowest BCUT2D eigenvalue weighted by Gasteiger charge is -2.25. The molecule has 1 aromatic carbocycles. The van der Waals surface area contributed by atoms with Crippen LogP contribution in [0, 0.1) is 0 Å². The number of esters is 1. The lowest BCUT2D eigenvalue weighted by Crippen LogP contribution is -2.36. The number of hydrogen-bond acceptors (Lipinski definition) is 9. The Labute approximate surface area is 198 Å². The van der Waals surface area contributed by atoms with Crippen molar-refractivity contribution in [2.24, 2.45) is 0 Å². The van der Waals surface area contributed by atoms with Crippen molar-refractivity contribution < 1.29 is 23.4 Å². The number of carbonyl (C=O) groups excluding carboxylic acids is 1. The molecule has 0 saturated heterocycles. The van der Waals surface area contributed by atoms with Gasteiger partial charge in [0, 0.05) is 0 Å². The van der Waals surface area contributed by atoms with E-state index in [1.807, 2.05) is 37.3 Å². The molecule has 0 aliphatic heterocycles. The normalized spacial score (nSPS) is 15.2. The zero-order valence-corrected chi connectivity index (χ0v) is 20.6. The summed E-state index contributed by atoms with van der Waals surface area (Å²) in [7, 11) is -3.58. The third-order valence-corrected chi connectivity index (χ3v) is 6.61. The first kappa shape index (κ1) is 25.8. The first-order chi connectivity index (χ1) is 16.2. The van der Waals surface area contributed by atoms with E-state index >= 15 is 0 Å². The predicted molar refractivity (Wildman–Crippen MR) is 128 cm³/mol. The molecule has 11 nitrogen and oxygen atoms in total. The van der Waals surface area contributed by atoms with Gasteiger partial charge >= 0.3 is 5.97 Å². The van der Waals surface area contributed by atoms with Crippen LogP contribution in [0.5, 0.6) is 0 Å². The molecule has 0 amide bonds. The van der Waals surface area contributed by atoms with Crippen molar-refractivity contribution in [2.75, 3.05) is 12.1 Å². The van der Waals surface area contributed by atoms with Gasteiger partial charge in [0.2, 0.25) is 0 Å². The molecule has 0 unspecified atom stereocenters. The molecule has 0 bridgehead atoms. The van der Waals surface area contributed by atoms with Crippen LogP contribution in [0.1, 0.15) is 33.3 Å². The molecule has 12 heteroatoms. The molecule has 34 heavy (non-hydrogen) atoms. The average Bonchev–Trinajstić information content (AvgIpc) is 3.21. The molecule has 3 rings (SSSR count). The van der Waals surface area contributed by atoms with E-state index in [1.165, 1.54) is 6.33 Å². The van der Waals surface area contributed by atoms with Crippen LogP contribution in [0.2, 0.25) is 0 Å². The maximum Gasteiger partial charge on any atom is 0.323 e. The third-order valence-electron chi connectivity index (χ3n) is 4.79. The molecule has 3 N–H and O–H groups in total. The molecule has 0 spiro atoms. The van der Waals surface area contributed by atoms with Crippen molar-refractivity contribution in [3.63, 3.8) is 0 Å². The number of imidazole rings is 1. The standard InChI is InChI=1S/C22H31N6O5P/c1-15(2)33-22(29)17(4)27-34(30,32-11-18-8-6-5-7-9-18)14-31-16(3)10-28-13-26-19-20(23)24-12-25-21(19)28/h5-9,12-13,15-17H,10-11,14H2,1-4H3,(H,27,30)(H2,23,24,25)/t16-,17+,34-/m1/s1. The predicted octanol–water partition coefficient (Wildman–Crippen LogP) is 3.11. The minimum Gasteiger partial charge on any atom is -0.462 e. The summed E-state index contributed by atoms with van der Waals surface area (Å²) in [5.74, 6) is -0.226. The smallest absolute Gasteiger partial charge is 0.323 e. The summed E-state index contributed by atoms with van der Waals surface area (Å²) in [5, 5.41) is 2.80. The van der Waals surface area contributed by atoms with Gasteiger partial charge in [-0.15, -0.1) is 0 Å². The number of nitrogens with zero attached hydrogens (tertiary/aromatic N) is 4. The second kappa shape index (κ2) is 11.5. The number of ether oxygens (including phenoxy) is 2. The van der Waals surface area contributed by atoms with Crippen molar-refractivity contribution in [3.05, 3.63) is 48.5 Å². The highest BCUT2D eigenvalue weighted by Crippen LogP contribution is 2.44. The summed E-state index contributed by atoms with van der Waals surface area (Å²) in [6.07, 6.45) is 2.06. The van der Waals surface area contributed by atoms with Crippen molar-refractivity contribution in [1.29, 1.82) is 0 Å². The molecule has 0 radical (unpaired) electrons. The minimum absolute atomic E-state index is 0.0944. The Balaban J connectivity index is 1.67. The van der Waals surface area contributed by atoms with Crippen LogP contribution in [0.25, 0.3) is 11.2 Å². The van der Waals surface area contributed by atoms with Gasteiger partial charge in [-0.1, -0.05) is 30.3 Å². The highest BCUT2D eigenvalue weighted by molar-refractivity contribution is 7.56. The zero-order chi connectivity index (χ0) is 24.7. The number of nitrogens with two attached hydrogens (primary N) is 1. The topological polar surface area (TPSA) is 143 Å². The van der Waals surface area contributed by atoms with Crippen LogP contribution in [0.15, 0.2) is 43.0 Å². The van der Waals surface area contributed by atoms with E-state index in [9.17, 15) is 9.36 Å². The monoisotopic (exact) mass is 490 g/mol. The second-order valence-electron chi connectivity index (χ2n) is 8.20. The number of hydrogen-bond donors (Lipinski definition) is 2. The van der Waals surface area contributed by atoms with Crippen LogP contribution >= 0.6 is 7.52 Å². The largest absolute Gasteiger partial charge is 0.462 e. The van der Waals surface area contributed by atoms with E-state index in [0.29, 0.717) is 23.5 Å². The van der Waals surface area contributed by atoms with Gasteiger partial charge in [-0.2, -0.15) is 0 Å². The Morgan fingerprint density at radius 3 is 2.59 bits per heavy atom. The van der Waals surface area contributed by atoms with Crippen LogP contribution in [0.4, 0.5) is 5.82 Å². The molecule has 0 fully saturated rings. The van der Waals surface area contributed by atoms with Crippen molar-refractivity contribution >= 4 is 30.5 Å². The number of carbonyl (C=O) groups is 1. The van der Waals surface area contributed by atoms with Gasteiger partial charge in [0.1, 0.15) is 24.2 Å². The highest BCUT2D eigenvalue weighted by atomic mass is 31.2. The Bertz CT molecular complexity index is 1140. The third kappa shape index (κ3) is 7.07. The van der Waals surface area contributed by atoms with Gasteiger partial charge in [0.25, 0.3) is 7.52 Å². The van der Waals surface area contributed by atoms with Gasteiger partial charge in [0.05, 0.1) is 31.7 Å². The Kier molecular flexibility index (Phi) is 8.73. The number of aromatic nitrogens is 4. The van der Waals surface area contributed by atoms with Gasteiger partial charge in [0.15, 0.2) is 11.5 Å². The number of anilines is 1. The van der Waals surface area contributed by atoms with Gasteiger partial charge in [-0.05, 0) is 33.3 Å². The van der Waals surface area contributed by atoms with E-state index in [-0.39, 0.29) is 25.2 Å². The first-order valence-corrected chi connectivity index (χ1v) is 12.8. The van der Waals surface area contributed by atoms with Crippen molar-refractivity contribution in [1.82, 2.24) is 24.6 Å². The molecule has 0 aliphatic carbocycles. The summed E-state index contributed by atoms with van der Waals surface area (Å²) in [5.41, 5.74) is 7.77. The number of nitrogens with one attached hydrogen (secondary N) is 1. The molecule has 3 aromatic rings. The summed E-state index contributed by atoms with van der Waals surface area (Å²) >= 11 is 0. The Morgan fingerprint density at radius 2 is 1.88 bits per heavy atom. The van der Waals surface area contributed by atoms with Crippen LogP contribution in [0.3, 0.4) is 0 Å². The van der Waals surface area contributed by atoms with Crippen LogP contribution in [-0.2, 0) is 36.5 Å². The van der Waals surface area contributed by atoms with Gasteiger partial charge in [-0.25, -0.2) is 20.0 Å². The highest BCUT2D eigenvalue weighted by Gasteiger charge is 2.31. The maximum absolute atomic E-state index is 13.6. The lowest BCUT2D eigenvalue weighted by molar-refractivity contribution is -0.149. The summed E-state index contributed by atoms with van der Waals surface area (Å²) in [4.78, 5) is 24.7. The van der Waals surface area contributed by atoms with E-state index in [0.717, 1.165) is 5.56 Å². The summed E-state index contributed by atoms with van der Waals surface area (Å²) in [6, 6.07) is 8.49. The van der Waals surface area contributed by atoms with Gasteiger partial charge in [-0.3, -0.25) is 9.36 Å². The molecule has 2 aromatic heterocycles. The summed E-state index contributed by atoms with van der Waals surface area (Å²) < 4.78 is 32.3. The van der Waals surface area contributed by atoms with E-state index in [1.54, 1.807) is 31.7 Å². The van der Waals surface area contributed by atoms with E-state index in [4.69, 9.17) is 19.7 Å². The molecule has 2 heterocycles. The number of fused-ring (bicyclic) bond motifs is 1. The molecule has 3 atom stereocenters. The number of benzene rings is 1. The fourth-order valence-corrected chi connectivity index (χ4v) is 4.86. The minimum atomic E-state index is -3.58. The molecule has 0 saturated carbocycles. The van der Waals surface area contributed by atoms with E-state index < -0.39 is 19.5 Å². The second-order valence-corrected chi connectivity index (χ2v) is 10.3.